The number of carboxylic acids is 2. The van der Waals surface area contributed by atoms with Crippen LogP contribution < -0.4 is 5.32 Å². The Kier molecular flexibility index (Phi) is 10.9. The van der Waals surface area contributed by atoms with Crippen molar-refractivity contribution in [1.82, 2.24) is 9.97 Å². The van der Waals surface area contributed by atoms with Crippen LogP contribution in [0.25, 0.3) is 0 Å². The molecule has 11 heteroatoms. The zero-order chi connectivity index (χ0) is 35.6. The van der Waals surface area contributed by atoms with Gasteiger partial charge in [-0.3, -0.25) is 24.9 Å². The number of hydrogen-bond acceptors (Lipinski definition) is 7. The highest BCUT2D eigenvalue weighted by Gasteiger charge is 2.26. The predicted molar refractivity (Wildman–Crippen MR) is 178 cm³/mol. The minimum Gasteiger partial charge on any atom is -0.478 e. The molecule has 3 aromatic rings. The van der Waals surface area contributed by atoms with Gasteiger partial charge in [0.15, 0.2) is 0 Å². The number of carboxylic acid groups (broad SMARTS) is 2. The molecule has 0 saturated carbocycles. The van der Waals surface area contributed by atoms with Gasteiger partial charge in [-0.2, -0.15) is 0 Å². The van der Waals surface area contributed by atoms with E-state index in [9.17, 15) is 24.5 Å². The van der Waals surface area contributed by atoms with Gasteiger partial charge in [0.25, 0.3) is 11.6 Å². The van der Waals surface area contributed by atoms with E-state index in [1.165, 1.54) is 6.07 Å². The summed E-state index contributed by atoms with van der Waals surface area (Å²) in [4.78, 5) is 54.8. The lowest BCUT2D eigenvalue weighted by molar-refractivity contribution is -0.385. The number of rotatable bonds is 5. The Morgan fingerprint density at radius 2 is 1.00 bits per heavy atom. The van der Waals surface area contributed by atoms with E-state index < -0.39 is 34.0 Å². The van der Waals surface area contributed by atoms with Gasteiger partial charge in [-0.25, -0.2) is 9.59 Å². The molecule has 0 radical (unpaired) electrons. The van der Waals surface area contributed by atoms with Crippen LogP contribution in [0.5, 0.6) is 0 Å². The number of aromatic nitrogens is 2. The van der Waals surface area contributed by atoms with Crippen LogP contribution in [0.4, 0.5) is 11.4 Å². The molecule has 46 heavy (non-hydrogen) atoms. The SMILES string of the molecule is CC(C)(C)c1cc(C(=O)Nc2ccc(C(=O)O)c([N+](=O)[O-])c2)cc(C(C)(C)C)n1.CC(C)(C)c1cc(C(=O)O)cc(C(C)(C)C)n1. The number of carbonyl (C=O) groups excluding carboxylic acids is 1. The Hall–Kier alpha value is -4.67. The number of anilines is 1. The van der Waals surface area contributed by atoms with Gasteiger partial charge >= 0.3 is 11.9 Å². The number of nitrogens with one attached hydrogen (secondary N) is 1. The van der Waals surface area contributed by atoms with E-state index in [4.69, 9.17) is 15.2 Å². The molecule has 1 aromatic carbocycles. The van der Waals surface area contributed by atoms with Gasteiger partial charge in [0.05, 0.1) is 10.5 Å². The van der Waals surface area contributed by atoms with E-state index in [2.05, 4.69) is 10.3 Å². The van der Waals surface area contributed by atoms with Crippen molar-refractivity contribution < 1.29 is 29.5 Å². The maximum Gasteiger partial charge on any atom is 0.342 e. The Labute approximate surface area is 270 Å². The second-order valence-corrected chi connectivity index (χ2v) is 15.3. The number of nitro benzene ring substituents is 1. The summed E-state index contributed by atoms with van der Waals surface area (Å²) in [7, 11) is 0. The standard InChI is InChI=1S/C21H25N3O5.C14H21NO2/c1-20(2,3)16-9-12(10-17(23-16)21(4,5)6)18(25)22-13-7-8-14(19(26)27)15(11-13)24(28)29;1-13(2,3)10-7-9(12(16)17)8-11(15-10)14(4,5)6/h7-11H,1-6H3,(H,22,25)(H,26,27);7-8H,1-6H3,(H,16,17). The largest absolute Gasteiger partial charge is 0.478 e. The van der Waals surface area contributed by atoms with Crippen LogP contribution >= 0.6 is 0 Å². The lowest BCUT2D eigenvalue weighted by Crippen LogP contribution is -2.23. The zero-order valence-corrected chi connectivity index (χ0v) is 28.8. The van der Waals surface area contributed by atoms with Gasteiger partial charge in [0.1, 0.15) is 5.56 Å². The third kappa shape index (κ3) is 9.92. The fraction of sp³-hybridized carbons (Fsp3) is 0.457. The predicted octanol–water partition coefficient (Wildman–Crippen LogP) is 7.91. The van der Waals surface area contributed by atoms with Crippen molar-refractivity contribution in [3.8, 4) is 0 Å². The zero-order valence-electron chi connectivity index (χ0n) is 28.8. The summed E-state index contributed by atoms with van der Waals surface area (Å²) in [6, 6.07) is 10.2. The fourth-order valence-electron chi connectivity index (χ4n) is 4.00. The Morgan fingerprint density at radius 3 is 1.30 bits per heavy atom. The van der Waals surface area contributed by atoms with E-state index in [1.807, 2.05) is 83.1 Å². The number of nitro groups is 1. The summed E-state index contributed by atoms with van der Waals surface area (Å²) < 4.78 is 0. The molecule has 0 atom stereocenters. The second-order valence-electron chi connectivity index (χ2n) is 15.3. The number of amides is 1. The smallest absolute Gasteiger partial charge is 0.342 e. The van der Waals surface area contributed by atoms with Gasteiger partial charge in [0.2, 0.25) is 0 Å². The van der Waals surface area contributed by atoms with E-state index >= 15 is 0 Å². The molecule has 2 aromatic heterocycles. The molecule has 3 N–H and O–H groups in total. The molecule has 0 aliphatic carbocycles. The molecule has 0 aliphatic rings. The first-order valence-electron chi connectivity index (χ1n) is 14.8. The van der Waals surface area contributed by atoms with Crippen molar-refractivity contribution in [3.05, 3.63) is 92.0 Å². The fourth-order valence-corrected chi connectivity index (χ4v) is 4.00. The van der Waals surface area contributed by atoms with Crippen LogP contribution in [-0.2, 0) is 21.7 Å². The van der Waals surface area contributed by atoms with Gasteiger partial charge in [-0.1, -0.05) is 83.1 Å². The number of pyridine rings is 2. The first kappa shape index (κ1) is 37.5. The minimum absolute atomic E-state index is 0.137. The van der Waals surface area contributed by atoms with Gasteiger partial charge < -0.3 is 15.5 Å². The molecule has 0 spiro atoms. The minimum atomic E-state index is -1.41. The lowest BCUT2D eigenvalue weighted by atomic mass is 9.86. The highest BCUT2D eigenvalue weighted by Crippen LogP contribution is 2.29. The molecule has 1 amide bonds. The van der Waals surface area contributed by atoms with Crippen molar-refractivity contribution in [3.63, 3.8) is 0 Å². The number of hydrogen-bond donors (Lipinski definition) is 3. The Bertz CT molecular complexity index is 1590. The summed E-state index contributed by atoms with van der Waals surface area (Å²) in [6.07, 6.45) is 0. The molecule has 0 bridgehead atoms. The van der Waals surface area contributed by atoms with E-state index in [1.54, 1.807) is 24.3 Å². The number of benzene rings is 1. The summed E-state index contributed by atoms with van der Waals surface area (Å²) in [5, 5.41) is 32.0. The van der Waals surface area contributed by atoms with Crippen LogP contribution in [0, 0.1) is 10.1 Å². The third-order valence-electron chi connectivity index (χ3n) is 6.92. The maximum absolute atomic E-state index is 12.8. The molecule has 0 saturated heterocycles. The molecular weight excluding hydrogens is 588 g/mol. The van der Waals surface area contributed by atoms with E-state index in [0.717, 1.165) is 34.9 Å². The van der Waals surface area contributed by atoms with E-state index in [-0.39, 0.29) is 27.3 Å². The molecule has 3 rings (SSSR count). The molecule has 0 unspecified atom stereocenters. The first-order valence-corrected chi connectivity index (χ1v) is 14.8. The molecule has 2 heterocycles. The van der Waals surface area contributed by atoms with Crippen LogP contribution in [0.3, 0.4) is 0 Å². The first-order chi connectivity index (χ1) is 20.7. The average molecular weight is 635 g/mol. The molecular formula is C35H46N4O7. The van der Waals surface area contributed by atoms with Crippen LogP contribution in [-0.4, -0.2) is 43.0 Å². The average Bonchev–Trinajstić information content (AvgIpc) is 2.90. The Balaban J connectivity index is 0.000000368. The maximum atomic E-state index is 12.8. The number of aromatic carboxylic acids is 2. The topological polar surface area (TPSA) is 173 Å². The van der Waals surface area contributed by atoms with E-state index in [0.29, 0.717) is 11.1 Å². The summed E-state index contributed by atoms with van der Waals surface area (Å²) in [5.74, 6) is -2.77. The number of carbonyl (C=O) groups is 3. The molecule has 11 nitrogen and oxygen atoms in total. The number of nitrogens with zero attached hydrogens (tertiary/aromatic N) is 3. The van der Waals surface area contributed by atoms with Crippen LogP contribution in [0.2, 0.25) is 0 Å². The van der Waals surface area contributed by atoms with Gasteiger partial charge in [0, 0.05) is 61.8 Å². The van der Waals surface area contributed by atoms with Gasteiger partial charge in [-0.15, -0.1) is 0 Å². The highest BCUT2D eigenvalue weighted by molar-refractivity contribution is 6.05. The van der Waals surface area contributed by atoms with Crippen molar-refractivity contribution in [2.75, 3.05) is 5.32 Å². The summed E-state index contributed by atoms with van der Waals surface area (Å²) >= 11 is 0. The Morgan fingerprint density at radius 1 is 0.630 bits per heavy atom. The second kappa shape index (κ2) is 13.4. The monoisotopic (exact) mass is 634 g/mol. The van der Waals surface area contributed by atoms with Crippen molar-refractivity contribution in [1.29, 1.82) is 0 Å². The van der Waals surface area contributed by atoms with Crippen LogP contribution in [0.1, 0.15) is 137 Å². The highest BCUT2D eigenvalue weighted by atomic mass is 16.6. The molecule has 0 aliphatic heterocycles. The van der Waals surface area contributed by atoms with Gasteiger partial charge in [-0.05, 0) is 36.4 Å². The van der Waals surface area contributed by atoms with Crippen molar-refractivity contribution in [2.45, 2.75) is 105 Å². The van der Waals surface area contributed by atoms with Crippen LogP contribution in [0.15, 0.2) is 42.5 Å². The molecule has 248 valence electrons. The van der Waals surface area contributed by atoms with Crippen molar-refractivity contribution >= 4 is 29.2 Å². The summed E-state index contributed by atoms with van der Waals surface area (Å²) in [5.41, 5.74) is 2.09. The molecule has 0 fully saturated rings. The quantitative estimate of drug-likeness (QED) is 0.186. The van der Waals surface area contributed by atoms with Crippen molar-refractivity contribution in [2.24, 2.45) is 0 Å². The third-order valence-corrected chi connectivity index (χ3v) is 6.92. The normalized spacial score (nSPS) is 12.1. The summed E-state index contributed by atoms with van der Waals surface area (Å²) in [6.45, 7) is 24.2. The lowest BCUT2D eigenvalue weighted by Gasteiger charge is -2.24.